The number of likely N-dealkylation sites (tertiary alicyclic amines) is 1. The maximum Gasteiger partial charge on any atom is 0.318 e. The third-order valence-electron chi connectivity index (χ3n) is 4.02. The Hall–Kier alpha value is -2.11. The maximum atomic E-state index is 13.2. The van der Waals surface area contributed by atoms with Gasteiger partial charge in [0, 0.05) is 12.6 Å². The van der Waals surface area contributed by atoms with Crippen LogP contribution in [0.4, 0.5) is 9.18 Å². The van der Waals surface area contributed by atoms with Gasteiger partial charge in [-0.3, -0.25) is 4.79 Å². The lowest BCUT2D eigenvalue weighted by molar-refractivity contribution is -0.142. The van der Waals surface area contributed by atoms with E-state index in [9.17, 15) is 14.0 Å². The first-order valence-corrected chi connectivity index (χ1v) is 6.95. The van der Waals surface area contributed by atoms with Gasteiger partial charge in [0.15, 0.2) is 0 Å². The topological polar surface area (TPSA) is 69.6 Å². The second-order valence-electron chi connectivity index (χ2n) is 5.39. The number of carbonyl (C=O) groups is 2. The first kappa shape index (κ1) is 15.3. The lowest BCUT2D eigenvalue weighted by Gasteiger charge is -2.26. The van der Waals surface area contributed by atoms with Crippen LogP contribution in [0, 0.1) is 11.7 Å². The van der Waals surface area contributed by atoms with Crippen LogP contribution in [0.15, 0.2) is 24.3 Å². The van der Waals surface area contributed by atoms with E-state index in [0.29, 0.717) is 18.5 Å². The number of hydrogen-bond acceptors (Lipinski definition) is 2. The molecular weight excluding hydrogens is 275 g/mol. The largest absolute Gasteiger partial charge is 0.481 e. The molecule has 1 aromatic rings. The zero-order valence-corrected chi connectivity index (χ0v) is 12.0. The second-order valence-corrected chi connectivity index (χ2v) is 5.39. The standard InChI is InChI=1S/C15H19FN2O3/c1-9(11-4-3-5-12(16)8-11)17-15(21)18-7-6-13(10(18)2)14(19)20/h3-5,8-10,13H,6-7H2,1-2H3,(H,17,21)(H,19,20). The first-order chi connectivity index (χ1) is 9.90. The number of urea groups is 1. The Bertz CT molecular complexity index is 549. The van der Waals surface area contributed by atoms with Gasteiger partial charge in [-0.1, -0.05) is 12.1 Å². The Balaban J connectivity index is 2.00. The third-order valence-corrected chi connectivity index (χ3v) is 4.02. The zero-order chi connectivity index (χ0) is 15.6. The highest BCUT2D eigenvalue weighted by Crippen LogP contribution is 2.25. The lowest BCUT2D eigenvalue weighted by Crippen LogP contribution is -2.44. The van der Waals surface area contributed by atoms with Crippen molar-refractivity contribution in [1.29, 1.82) is 0 Å². The van der Waals surface area contributed by atoms with Crippen molar-refractivity contribution in [2.24, 2.45) is 5.92 Å². The molecule has 0 bridgehead atoms. The van der Waals surface area contributed by atoms with Gasteiger partial charge >= 0.3 is 12.0 Å². The third kappa shape index (κ3) is 3.32. The molecule has 1 aliphatic rings. The van der Waals surface area contributed by atoms with E-state index in [2.05, 4.69) is 5.32 Å². The highest BCUT2D eigenvalue weighted by Gasteiger charge is 2.38. The Morgan fingerprint density at radius 2 is 2.19 bits per heavy atom. The van der Waals surface area contributed by atoms with Crippen molar-refractivity contribution < 1.29 is 19.1 Å². The van der Waals surface area contributed by atoms with E-state index in [1.165, 1.54) is 17.0 Å². The number of rotatable bonds is 3. The number of carboxylic acid groups (broad SMARTS) is 1. The smallest absolute Gasteiger partial charge is 0.318 e. The monoisotopic (exact) mass is 294 g/mol. The van der Waals surface area contributed by atoms with Gasteiger partial charge < -0.3 is 15.3 Å². The summed E-state index contributed by atoms with van der Waals surface area (Å²) in [6.45, 7) is 3.92. The molecule has 2 N–H and O–H groups in total. The highest BCUT2D eigenvalue weighted by atomic mass is 19.1. The molecule has 1 aromatic carbocycles. The number of nitrogens with one attached hydrogen (secondary N) is 1. The second kappa shape index (κ2) is 6.11. The molecule has 1 heterocycles. The molecule has 3 unspecified atom stereocenters. The Morgan fingerprint density at radius 3 is 2.76 bits per heavy atom. The maximum absolute atomic E-state index is 13.2. The summed E-state index contributed by atoms with van der Waals surface area (Å²) < 4.78 is 13.2. The fourth-order valence-electron chi connectivity index (χ4n) is 2.68. The number of amides is 2. The normalized spacial score (nSPS) is 22.9. The summed E-state index contributed by atoms with van der Waals surface area (Å²) in [5.74, 6) is -1.76. The molecule has 114 valence electrons. The molecule has 2 rings (SSSR count). The van der Waals surface area contributed by atoms with E-state index in [0.717, 1.165) is 0 Å². The minimum atomic E-state index is -0.879. The van der Waals surface area contributed by atoms with E-state index in [4.69, 9.17) is 5.11 Å². The molecule has 1 aliphatic heterocycles. The highest BCUT2D eigenvalue weighted by molar-refractivity contribution is 5.78. The number of carbonyl (C=O) groups excluding carboxylic acids is 1. The molecule has 0 spiro atoms. The summed E-state index contributed by atoms with van der Waals surface area (Å²) >= 11 is 0. The van der Waals surface area contributed by atoms with E-state index in [-0.39, 0.29) is 23.9 Å². The van der Waals surface area contributed by atoms with Crippen LogP contribution >= 0.6 is 0 Å². The number of nitrogens with zero attached hydrogens (tertiary/aromatic N) is 1. The SMILES string of the molecule is CC(NC(=O)N1CCC(C(=O)O)C1C)c1cccc(F)c1. The van der Waals surface area contributed by atoms with Crippen molar-refractivity contribution in [3.8, 4) is 0 Å². The van der Waals surface area contributed by atoms with Crippen molar-refractivity contribution >= 4 is 12.0 Å². The molecule has 6 heteroatoms. The summed E-state index contributed by atoms with van der Waals surface area (Å²) in [4.78, 5) is 24.8. The van der Waals surface area contributed by atoms with Crippen LogP contribution < -0.4 is 5.32 Å². The molecule has 1 fully saturated rings. The lowest BCUT2D eigenvalue weighted by atomic mass is 10.0. The van der Waals surface area contributed by atoms with Crippen molar-refractivity contribution in [2.45, 2.75) is 32.4 Å². The Labute approximate surface area is 122 Å². The predicted molar refractivity (Wildman–Crippen MR) is 75.3 cm³/mol. The fourth-order valence-corrected chi connectivity index (χ4v) is 2.68. The van der Waals surface area contributed by atoms with E-state index >= 15 is 0 Å². The Kier molecular flexibility index (Phi) is 4.45. The summed E-state index contributed by atoms with van der Waals surface area (Å²) in [6, 6.07) is 5.04. The number of aliphatic carboxylic acids is 1. The van der Waals surface area contributed by atoms with Crippen molar-refractivity contribution in [3.05, 3.63) is 35.6 Å². The summed E-state index contributed by atoms with van der Waals surface area (Å²) in [5, 5.41) is 11.9. The molecule has 0 aromatic heterocycles. The van der Waals surface area contributed by atoms with Gasteiger partial charge in [-0.05, 0) is 38.0 Å². The molecule has 0 saturated carbocycles. The molecule has 0 aliphatic carbocycles. The van der Waals surface area contributed by atoms with Crippen molar-refractivity contribution in [1.82, 2.24) is 10.2 Å². The van der Waals surface area contributed by atoms with Gasteiger partial charge in [-0.2, -0.15) is 0 Å². The van der Waals surface area contributed by atoms with Crippen LogP contribution in [-0.2, 0) is 4.79 Å². The molecule has 5 nitrogen and oxygen atoms in total. The van der Waals surface area contributed by atoms with Gasteiger partial charge in [0.05, 0.1) is 12.0 Å². The van der Waals surface area contributed by atoms with Crippen LogP contribution in [0.1, 0.15) is 31.9 Å². The minimum Gasteiger partial charge on any atom is -0.481 e. The van der Waals surface area contributed by atoms with Gasteiger partial charge in [0.2, 0.25) is 0 Å². The fraction of sp³-hybridized carbons (Fsp3) is 0.467. The van der Waals surface area contributed by atoms with Crippen molar-refractivity contribution in [2.75, 3.05) is 6.54 Å². The molecular formula is C15H19FN2O3. The van der Waals surface area contributed by atoms with Gasteiger partial charge in [-0.15, -0.1) is 0 Å². The molecule has 3 atom stereocenters. The van der Waals surface area contributed by atoms with Crippen LogP contribution in [-0.4, -0.2) is 34.6 Å². The van der Waals surface area contributed by atoms with Crippen molar-refractivity contribution in [3.63, 3.8) is 0 Å². The Morgan fingerprint density at radius 1 is 1.48 bits per heavy atom. The minimum absolute atomic E-state index is 0.317. The number of benzene rings is 1. The first-order valence-electron chi connectivity index (χ1n) is 6.95. The average Bonchev–Trinajstić information content (AvgIpc) is 2.80. The summed E-state index contributed by atoms with van der Waals surface area (Å²) in [7, 11) is 0. The van der Waals surface area contributed by atoms with Crippen LogP contribution in [0.25, 0.3) is 0 Å². The number of carboxylic acids is 1. The average molecular weight is 294 g/mol. The zero-order valence-electron chi connectivity index (χ0n) is 12.0. The summed E-state index contributed by atoms with van der Waals surface area (Å²) in [5.41, 5.74) is 0.671. The van der Waals surface area contributed by atoms with Crippen LogP contribution in [0.2, 0.25) is 0 Å². The molecule has 21 heavy (non-hydrogen) atoms. The van der Waals surface area contributed by atoms with E-state index in [1.807, 2.05) is 0 Å². The van der Waals surface area contributed by atoms with Gasteiger partial charge in [0.25, 0.3) is 0 Å². The van der Waals surface area contributed by atoms with Crippen LogP contribution in [0.3, 0.4) is 0 Å². The van der Waals surface area contributed by atoms with E-state index < -0.39 is 11.9 Å². The molecule has 1 saturated heterocycles. The number of halogens is 1. The molecule has 0 radical (unpaired) electrons. The summed E-state index contributed by atoms with van der Waals surface area (Å²) in [6.07, 6.45) is 0.457. The van der Waals surface area contributed by atoms with Gasteiger partial charge in [-0.25, -0.2) is 9.18 Å². The van der Waals surface area contributed by atoms with E-state index in [1.54, 1.807) is 26.0 Å². The number of hydrogen-bond donors (Lipinski definition) is 2. The molecule has 2 amide bonds. The van der Waals surface area contributed by atoms with Gasteiger partial charge in [0.1, 0.15) is 5.82 Å². The van der Waals surface area contributed by atoms with Crippen LogP contribution in [0.5, 0.6) is 0 Å². The quantitative estimate of drug-likeness (QED) is 0.899. The predicted octanol–water partition coefficient (Wildman–Crippen LogP) is 2.39.